The Kier molecular flexibility index (Phi) is 3.24. The Hall–Kier alpha value is -1.36. The van der Waals surface area contributed by atoms with Gasteiger partial charge in [0.05, 0.1) is 13.2 Å². The smallest absolute Gasteiger partial charge is 0.318 e. The molecule has 1 aromatic heterocycles. The number of hydrogen-bond donors (Lipinski definition) is 2. The number of aromatic nitrogens is 2. The lowest BCUT2D eigenvalue weighted by Crippen LogP contribution is -2.25. The topological polar surface area (TPSA) is 81.3 Å². The zero-order valence-corrected chi connectivity index (χ0v) is 8.40. The lowest BCUT2D eigenvalue weighted by molar-refractivity contribution is 0.0925. The molecule has 0 saturated carbocycles. The second-order valence-corrected chi connectivity index (χ2v) is 3.88. The zero-order chi connectivity index (χ0) is 10.6. The molecule has 5 nitrogen and oxygen atoms in total. The third-order valence-electron chi connectivity index (χ3n) is 1.68. The Labute approximate surface area is 82.9 Å². The van der Waals surface area contributed by atoms with Crippen LogP contribution in [0.5, 0.6) is 6.01 Å². The highest BCUT2D eigenvalue weighted by Crippen LogP contribution is 2.15. The molecule has 5 heteroatoms. The molecule has 0 aromatic carbocycles. The number of rotatable bonds is 4. The van der Waals surface area contributed by atoms with Gasteiger partial charge in [-0.25, -0.2) is 4.98 Å². The molecule has 0 radical (unpaired) electrons. The highest BCUT2D eigenvalue weighted by atomic mass is 16.5. The molecular formula is C9H15N3O2. The van der Waals surface area contributed by atoms with E-state index in [1.807, 2.05) is 13.8 Å². The summed E-state index contributed by atoms with van der Waals surface area (Å²) in [5, 5.41) is 8.98. The molecule has 1 aromatic rings. The van der Waals surface area contributed by atoms with E-state index < -0.39 is 0 Å². The molecule has 1 heterocycles. The van der Waals surface area contributed by atoms with Crippen LogP contribution in [0, 0.1) is 5.41 Å². The average molecular weight is 197 g/mol. The maximum Gasteiger partial charge on any atom is 0.318 e. The van der Waals surface area contributed by atoms with Crippen LogP contribution in [-0.2, 0) is 0 Å². The van der Waals surface area contributed by atoms with Crippen LogP contribution in [0.3, 0.4) is 0 Å². The van der Waals surface area contributed by atoms with Crippen LogP contribution in [-0.4, -0.2) is 28.3 Å². The Balaban J connectivity index is 2.54. The number of anilines is 1. The average Bonchev–Trinajstić information content (AvgIpc) is 2.15. The minimum Gasteiger partial charge on any atom is -0.463 e. The predicted molar refractivity (Wildman–Crippen MR) is 52.8 cm³/mol. The fourth-order valence-corrected chi connectivity index (χ4v) is 0.729. The number of aliphatic hydroxyl groups excluding tert-OH is 1. The summed E-state index contributed by atoms with van der Waals surface area (Å²) in [5.74, 6) is 0.372. The second-order valence-electron chi connectivity index (χ2n) is 3.88. The first-order valence-electron chi connectivity index (χ1n) is 4.36. The zero-order valence-electron chi connectivity index (χ0n) is 8.40. The molecular weight excluding hydrogens is 182 g/mol. The summed E-state index contributed by atoms with van der Waals surface area (Å²) < 4.78 is 5.28. The number of nitrogen functional groups attached to an aromatic ring is 1. The summed E-state index contributed by atoms with van der Waals surface area (Å²) in [6.45, 7) is 4.18. The number of ether oxygens (including phenoxy) is 1. The molecule has 0 aliphatic carbocycles. The van der Waals surface area contributed by atoms with E-state index in [1.165, 1.54) is 6.20 Å². The van der Waals surface area contributed by atoms with Crippen molar-refractivity contribution in [1.29, 1.82) is 0 Å². The molecule has 0 bridgehead atoms. The number of hydrogen-bond acceptors (Lipinski definition) is 5. The van der Waals surface area contributed by atoms with E-state index in [-0.39, 0.29) is 18.0 Å². The molecule has 0 fully saturated rings. The standard InChI is InChI=1S/C9H15N3O2/c1-9(2,5-13)6-14-8-11-4-3-7(10)12-8/h3-4,13H,5-6H2,1-2H3,(H2,10,11,12). The van der Waals surface area contributed by atoms with E-state index in [2.05, 4.69) is 9.97 Å². The predicted octanol–water partition coefficient (Wildman–Crippen LogP) is 0.456. The van der Waals surface area contributed by atoms with Crippen LogP contribution in [0.4, 0.5) is 5.82 Å². The number of aliphatic hydroxyl groups is 1. The summed E-state index contributed by atoms with van der Waals surface area (Å²) in [7, 11) is 0. The molecule has 0 aliphatic rings. The summed E-state index contributed by atoms with van der Waals surface area (Å²) in [5.41, 5.74) is 5.15. The lowest BCUT2D eigenvalue weighted by atomic mass is 9.97. The van der Waals surface area contributed by atoms with Crippen molar-refractivity contribution in [3.63, 3.8) is 0 Å². The molecule has 0 unspecified atom stereocenters. The van der Waals surface area contributed by atoms with Crippen LogP contribution in [0.2, 0.25) is 0 Å². The Morgan fingerprint density at radius 3 is 2.86 bits per heavy atom. The highest BCUT2D eigenvalue weighted by Gasteiger charge is 2.17. The molecule has 3 N–H and O–H groups in total. The SMILES string of the molecule is CC(C)(CO)COc1nccc(N)n1. The van der Waals surface area contributed by atoms with Crippen molar-refractivity contribution in [2.45, 2.75) is 13.8 Å². The first-order valence-corrected chi connectivity index (χ1v) is 4.36. The minimum atomic E-state index is -0.298. The van der Waals surface area contributed by atoms with Crippen LogP contribution < -0.4 is 10.5 Å². The van der Waals surface area contributed by atoms with Crippen LogP contribution >= 0.6 is 0 Å². The summed E-state index contributed by atoms with van der Waals surface area (Å²) in [4.78, 5) is 7.76. The van der Waals surface area contributed by atoms with Crippen LogP contribution in [0.1, 0.15) is 13.8 Å². The minimum absolute atomic E-state index is 0.0509. The van der Waals surface area contributed by atoms with Gasteiger partial charge in [-0.3, -0.25) is 0 Å². The third-order valence-corrected chi connectivity index (χ3v) is 1.68. The van der Waals surface area contributed by atoms with Crippen molar-refractivity contribution in [2.75, 3.05) is 18.9 Å². The second kappa shape index (κ2) is 4.23. The van der Waals surface area contributed by atoms with E-state index in [1.54, 1.807) is 6.07 Å². The number of nitrogens with zero attached hydrogens (tertiary/aromatic N) is 2. The molecule has 0 amide bonds. The van der Waals surface area contributed by atoms with Crippen molar-refractivity contribution in [1.82, 2.24) is 9.97 Å². The fraction of sp³-hybridized carbons (Fsp3) is 0.556. The van der Waals surface area contributed by atoms with Gasteiger partial charge >= 0.3 is 6.01 Å². The summed E-state index contributed by atoms with van der Waals surface area (Å²) >= 11 is 0. The van der Waals surface area contributed by atoms with Gasteiger partial charge in [0, 0.05) is 11.6 Å². The first-order chi connectivity index (χ1) is 6.53. The van der Waals surface area contributed by atoms with E-state index >= 15 is 0 Å². The maximum atomic E-state index is 8.98. The van der Waals surface area contributed by atoms with E-state index in [9.17, 15) is 0 Å². The van der Waals surface area contributed by atoms with Gasteiger partial charge in [-0.1, -0.05) is 13.8 Å². The van der Waals surface area contributed by atoms with E-state index in [0.29, 0.717) is 12.4 Å². The maximum absolute atomic E-state index is 8.98. The van der Waals surface area contributed by atoms with Crippen molar-refractivity contribution in [2.24, 2.45) is 5.41 Å². The van der Waals surface area contributed by atoms with Crippen LogP contribution in [0.15, 0.2) is 12.3 Å². The Morgan fingerprint density at radius 1 is 1.57 bits per heavy atom. The van der Waals surface area contributed by atoms with Gasteiger partial charge in [0.1, 0.15) is 5.82 Å². The van der Waals surface area contributed by atoms with Gasteiger partial charge in [0.2, 0.25) is 0 Å². The normalized spacial score (nSPS) is 11.4. The quantitative estimate of drug-likeness (QED) is 0.732. The van der Waals surface area contributed by atoms with Gasteiger partial charge in [0.25, 0.3) is 0 Å². The summed E-state index contributed by atoms with van der Waals surface area (Å²) in [6, 6.07) is 1.83. The molecule has 14 heavy (non-hydrogen) atoms. The van der Waals surface area contributed by atoms with Crippen molar-refractivity contribution < 1.29 is 9.84 Å². The van der Waals surface area contributed by atoms with Gasteiger partial charge < -0.3 is 15.6 Å². The highest BCUT2D eigenvalue weighted by molar-refractivity contribution is 5.26. The van der Waals surface area contributed by atoms with E-state index in [4.69, 9.17) is 15.6 Å². The fourth-order valence-electron chi connectivity index (χ4n) is 0.729. The largest absolute Gasteiger partial charge is 0.463 e. The van der Waals surface area contributed by atoms with E-state index in [0.717, 1.165) is 0 Å². The molecule has 0 aliphatic heterocycles. The van der Waals surface area contributed by atoms with Gasteiger partial charge in [-0.15, -0.1) is 0 Å². The Morgan fingerprint density at radius 2 is 2.29 bits per heavy atom. The first kappa shape index (κ1) is 10.7. The monoisotopic (exact) mass is 197 g/mol. The lowest BCUT2D eigenvalue weighted by Gasteiger charge is -2.20. The third kappa shape index (κ3) is 3.18. The molecule has 1 rings (SSSR count). The van der Waals surface area contributed by atoms with Gasteiger partial charge in [-0.2, -0.15) is 4.98 Å². The molecule has 0 spiro atoms. The van der Waals surface area contributed by atoms with Gasteiger partial charge in [-0.05, 0) is 6.07 Å². The van der Waals surface area contributed by atoms with Crippen molar-refractivity contribution in [3.05, 3.63) is 12.3 Å². The van der Waals surface area contributed by atoms with Crippen molar-refractivity contribution >= 4 is 5.82 Å². The summed E-state index contributed by atoms with van der Waals surface area (Å²) in [6.07, 6.45) is 1.53. The molecule has 78 valence electrons. The van der Waals surface area contributed by atoms with Crippen molar-refractivity contribution in [3.8, 4) is 6.01 Å². The number of nitrogens with two attached hydrogens (primary N) is 1. The molecule has 0 atom stereocenters. The molecule has 0 saturated heterocycles. The van der Waals surface area contributed by atoms with Crippen LogP contribution in [0.25, 0.3) is 0 Å². The Bertz CT molecular complexity index is 302. The van der Waals surface area contributed by atoms with Gasteiger partial charge in [0.15, 0.2) is 0 Å².